The summed E-state index contributed by atoms with van der Waals surface area (Å²) in [5.41, 5.74) is 2.87. The van der Waals surface area contributed by atoms with Crippen LogP contribution < -0.4 is 19.5 Å². The van der Waals surface area contributed by atoms with Crippen LogP contribution in [0.1, 0.15) is 24.8 Å². The van der Waals surface area contributed by atoms with Gasteiger partial charge in [0.15, 0.2) is 11.5 Å². The number of hydrogen-bond donors (Lipinski definition) is 3. The molecule has 2 aromatic carbocycles. The molecule has 9 nitrogen and oxygen atoms in total. The van der Waals surface area contributed by atoms with Crippen molar-refractivity contribution in [3.8, 4) is 23.1 Å². The molecule has 5 rings (SSSR count). The topological polar surface area (TPSA) is 105 Å². The second-order valence-corrected chi connectivity index (χ2v) is 9.55. The zero-order chi connectivity index (χ0) is 25.6. The maximum Gasteiger partial charge on any atom is 0.230 e. The Morgan fingerprint density at radius 1 is 1.11 bits per heavy atom. The van der Waals surface area contributed by atoms with Crippen LogP contribution in [0.25, 0.3) is 21.8 Å². The van der Waals surface area contributed by atoms with Gasteiger partial charge in [-0.15, -0.1) is 0 Å². The number of methoxy groups -OCH3 is 1. The fourth-order valence-corrected chi connectivity index (χ4v) is 4.76. The largest absolute Gasteiger partial charge is 0.493 e. The molecule has 1 aliphatic rings. The van der Waals surface area contributed by atoms with E-state index in [1.807, 2.05) is 30.5 Å². The van der Waals surface area contributed by atoms with E-state index in [-0.39, 0.29) is 6.61 Å². The number of hydrogen-bond acceptors (Lipinski definition) is 8. The van der Waals surface area contributed by atoms with Crippen molar-refractivity contribution < 1.29 is 19.3 Å². The Bertz CT molecular complexity index is 1340. The average molecular weight is 506 g/mol. The van der Waals surface area contributed by atoms with E-state index in [0.717, 1.165) is 36.0 Å². The molecule has 3 heterocycles. The molecule has 9 heteroatoms. The van der Waals surface area contributed by atoms with Crippen molar-refractivity contribution in [1.29, 1.82) is 0 Å². The molecular formula is C28H35N5O4. The van der Waals surface area contributed by atoms with Crippen molar-refractivity contribution in [2.75, 3.05) is 46.4 Å². The average Bonchev–Trinajstić information content (AvgIpc) is 3.57. The van der Waals surface area contributed by atoms with Crippen LogP contribution in [0.5, 0.6) is 23.1 Å². The van der Waals surface area contributed by atoms with Crippen LogP contribution in [-0.2, 0) is 0 Å². The Labute approximate surface area is 216 Å². The number of likely N-dealkylation sites (tertiary alicyclic amines) is 1. The molecule has 1 atom stereocenters. The second kappa shape index (κ2) is 11.8. The number of nitrogens with one attached hydrogen (secondary N) is 2. The highest BCUT2D eigenvalue weighted by atomic mass is 16.5. The molecule has 196 valence electrons. The highest BCUT2D eigenvalue weighted by Gasteiger charge is 2.15. The predicted octanol–water partition coefficient (Wildman–Crippen LogP) is 4.04. The van der Waals surface area contributed by atoms with E-state index in [0.29, 0.717) is 40.6 Å². The predicted molar refractivity (Wildman–Crippen MR) is 144 cm³/mol. The van der Waals surface area contributed by atoms with Crippen LogP contribution in [0.15, 0.2) is 42.9 Å². The molecule has 0 unspecified atom stereocenters. The van der Waals surface area contributed by atoms with Crippen LogP contribution in [-0.4, -0.2) is 77.5 Å². The highest BCUT2D eigenvalue weighted by Crippen LogP contribution is 2.36. The lowest BCUT2D eigenvalue weighted by Gasteiger charge is -2.17. The van der Waals surface area contributed by atoms with Gasteiger partial charge in [0.25, 0.3) is 0 Å². The Balaban J connectivity index is 1.21. The summed E-state index contributed by atoms with van der Waals surface area (Å²) >= 11 is 0. The summed E-state index contributed by atoms with van der Waals surface area (Å²) in [7, 11) is 1.58. The summed E-state index contributed by atoms with van der Waals surface area (Å²) in [5.74, 6) is 2.15. The van der Waals surface area contributed by atoms with Gasteiger partial charge in [-0.2, -0.15) is 0 Å². The first-order valence-electron chi connectivity index (χ1n) is 12.9. The number of H-pyrrole nitrogens is 1. The molecule has 0 saturated carbocycles. The molecule has 2 aromatic heterocycles. The molecule has 3 N–H and O–H groups in total. The van der Waals surface area contributed by atoms with Crippen molar-refractivity contribution in [3.63, 3.8) is 0 Å². The number of benzene rings is 2. The first-order chi connectivity index (χ1) is 18.1. The Hall–Kier alpha value is -3.40. The first-order valence-corrected chi connectivity index (χ1v) is 12.9. The number of nitrogens with zero attached hydrogens (tertiary/aromatic N) is 3. The van der Waals surface area contributed by atoms with Crippen molar-refractivity contribution in [3.05, 3.63) is 48.4 Å². The lowest BCUT2D eigenvalue weighted by molar-refractivity contribution is 0.104. The second-order valence-electron chi connectivity index (χ2n) is 9.55. The lowest BCUT2D eigenvalue weighted by atomic mass is 10.2. The zero-order valence-corrected chi connectivity index (χ0v) is 21.5. The fourth-order valence-electron chi connectivity index (χ4n) is 4.76. The molecule has 1 saturated heterocycles. The van der Waals surface area contributed by atoms with Gasteiger partial charge < -0.3 is 34.5 Å². The molecule has 0 aliphatic carbocycles. The minimum Gasteiger partial charge on any atom is -0.493 e. The Kier molecular flexibility index (Phi) is 8.03. The van der Waals surface area contributed by atoms with Gasteiger partial charge in [-0.25, -0.2) is 9.97 Å². The van der Waals surface area contributed by atoms with E-state index in [9.17, 15) is 5.11 Å². The highest BCUT2D eigenvalue weighted by molar-refractivity contribution is 5.88. The van der Waals surface area contributed by atoms with Gasteiger partial charge in [-0.3, -0.25) is 0 Å². The number of rotatable bonds is 12. The maximum absolute atomic E-state index is 10.4. The van der Waals surface area contributed by atoms with Crippen LogP contribution >= 0.6 is 0 Å². The summed E-state index contributed by atoms with van der Waals surface area (Å²) in [6.45, 7) is 7.09. The van der Waals surface area contributed by atoms with Gasteiger partial charge in [0.1, 0.15) is 24.8 Å². The summed E-state index contributed by atoms with van der Waals surface area (Å²) in [6, 6.07) is 9.48. The van der Waals surface area contributed by atoms with Crippen LogP contribution in [0.4, 0.5) is 0 Å². The Morgan fingerprint density at radius 3 is 2.81 bits per heavy atom. The van der Waals surface area contributed by atoms with E-state index < -0.39 is 6.10 Å². The molecule has 37 heavy (non-hydrogen) atoms. The number of aliphatic hydroxyl groups excluding tert-OH is 1. The van der Waals surface area contributed by atoms with Gasteiger partial charge in [-0.1, -0.05) is 0 Å². The number of fused-ring (bicyclic) bond motifs is 2. The lowest BCUT2D eigenvalue weighted by Crippen LogP contribution is -2.33. The summed E-state index contributed by atoms with van der Waals surface area (Å²) in [5, 5.41) is 15.5. The van der Waals surface area contributed by atoms with Gasteiger partial charge in [-0.05, 0) is 82.2 Å². The minimum absolute atomic E-state index is 0.144. The normalized spacial score (nSPS) is 14.9. The third-order valence-corrected chi connectivity index (χ3v) is 6.80. The van der Waals surface area contributed by atoms with Crippen LogP contribution in [0.2, 0.25) is 0 Å². The number of aromatic amines is 1. The number of aromatic nitrogens is 3. The number of ether oxygens (including phenoxy) is 3. The molecule has 1 fully saturated rings. The molecular weight excluding hydrogens is 470 g/mol. The van der Waals surface area contributed by atoms with E-state index >= 15 is 0 Å². The Morgan fingerprint density at radius 2 is 1.97 bits per heavy atom. The fraction of sp³-hybridized carbons (Fsp3) is 0.429. The van der Waals surface area contributed by atoms with E-state index in [2.05, 4.69) is 32.1 Å². The van der Waals surface area contributed by atoms with Gasteiger partial charge in [0.2, 0.25) is 5.88 Å². The summed E-state index contributed by atoms with van der Waals surface area (Å²) < 4.78 is 17.6. The van der Waals surface area contributed by atoms with Crippen molar-refractivity contribution in [1.82, 2.24) is 25.2 Å². The standard InChI is InChI=1S/C28H35N5O4/c1-19-15-30-24-7-6-21(12-22(19)24)37-28-23-13-26(35-2)27(14-25(23)31-18-32-28)36-17-20(34)16-29-8-5-11-33-9-3-4-10-33/h6-7,12-15,18,20,29-30,34H,3-5,8-11,16-17H2,1-2H3/t20-/m1/s1. The third kappa shape index (κ3) is 6.12. The molecule has 0 amide bonds. The smallest absolute Gasteiger partial charge is 0.230 e. The monoisotopic (exact) mass is 505 g/mol. The first kappa shape index (κ1) is 25.3. The van der Waals surface area contributed by atoms with E-state index in [1.54, 1.807) is 13.2 Å². The third-order valence-electron chi connectivity index (χ3n) is 6.80. The van der Waals surface area contributed by atoms with Crippen molar-refractivity contribution in [2.24, 2.45) is 0 Å². The van der Waals surface area contributed by atoms with Crippen molar-refractivity contribution >= 4 is 21.8 Å². The zero-order valence-electron chi connectivity index (χ0n) is 21.5. The SMILES string of the molecule is COc1cc2c(Oc3ccc4[nH]cc(C)c4c3)ncnc2cc1OC[C@H](O)CNCCCN1CCCC1. The van der Waals surface area contributed by atoms with E-state index in [4.69, 9.17) is 14.2 Å². The van der Waals surface area contributed by atoms with Crippen molar-refractivity contribution in [2.45, 2.75) is 32.3 Å². The summed E-state index contributed by atoms with van der Waals surface area (Å²) in [4.78, 5) is 14.5. The van der Waals surface area contributed by atoms with Crippen LogP contribution in [0, 0.1) is 6.92 Å². The van der Waals surface area contributed by atoms with Crippen LogP contribution in [0.3, 0.4) is 0 Å². The maximum atomic E-state index is 10.4. The minimum atomic E-state index is -0.636. The molecule has 0 spiro atoms. The van der Waals surface area contributed by atoms with E-state index in [1.165, 1.54) is 32.3 Å². The van der Waals surface area contributed by atoms with Gasteiger partial charge >= 0.3 is 0 Å². The molecule has 0 radical (unpaired) electrons. The number of aliphatic hydroxyl groups is 1. The number of aryl methyl sites for hydroxylation is 1. The quantitative estimate of drug-likeness (QED) is 0.248. The molecule has 0 bridgehead atoms. The molecule has 4 aromatic rings. The summed E-state index contributed by atoms with van der Waals surface area (Å²) in [6.07, 6.45) is 6.51. The molecule has 1 aliphatic heterocycles. The van der Waals surface area contributed by atoms with Gasteiger partial charge in [0.05, 0.1) is 18.0 Å². The van der Waals surface area contributed by atoms with Gasteiger partial charge in [0, 0.05) is 29.7 Å².